The second-order valence-corrected chi connectivity index (χ2v) is 5.06. The summed E-state index contributed by atoms with van der Waals surface area (Å²) in [5.41, 5.74) is 0.650. The van der Waals surface area contributed by atoms with Crippen LogP contribution in [0.3, 0.4) is 0 Å². The Labute approximate surface area is 110 Å². The van der Waals surface area contributed by atoms with E-state index in [0.717, 1.165) is 0 Å². The third-order valence-corrected chi connectivity index (χ3v) is 3.77. The fourth-order valence-electron chi connectivity index (χ4n) is 1.77. The SMILES string of the molecule is O=C(CSCc1ccccc1F)N1CCOCC1. The number of hydrogen-bond acceptors (Lipinski definition) is 3. The first-order chi connectivity index (χ1) is 8.77. The molecule has 1 fully saturated rings. The van der Waals surface area contributed by atoms with Crippen molar-refractivity contribution in [1.82, 2.24) is 4.90 Å². The Bertz CT molecular complexity index is 408. The zero-order valence-electron chi connectivity index (χ0n) is 10.1. The average molecular weight is 269 g/mol. The number of rotatable bonds is 4. The molecule has 0 radical (unpaired) electrons. The number of carbonyl (C=O) groups excluding carboxylic acids is 1. The Kier molecular flexibility index (Phi) is 5.01. The summed E-state index contributed by atoms with van der Waals surface area (Å²) in [6.07, 6.45) is 0. The Balaban J connectivity index is 1.75. The van der Waals surface area contributed by atoms with Gasteiger partial charge in [-0.15, -0.1) is 11.8 Å². The molecule has 0 saturated carbocycles. The highest BCUT2D eigenvalue weighted by Gasteiger charge is 2.16. The van der Waals surface area contributed by atoms with Crippen molar-refractivity contribution in [2.45, 2.75) is 5.75 Å². The molecule has 1 heterocycles. The predicted octanol–water partition coefficient (Wildman–Crippen LogP) is 1.92. The maximum absolute atomic E-state index is 13.3. The van der Waals surface area contributed by atoms with Crippen molar-refractivity contribution in [3.05, 3.63) is 35.6 Å². The van der Waals surface area contributed by atoms with Gasteiger partial charge in [0.2, 0.25) is 5.91 Å². The molecule has 1 aliphatic heterocycles. The van der Waals surface area contributed by atoms with E-state index in [-0.39, 0.29) is 11.7 Å². The monoisotopic (exact) mass is 269 g/mol. The van der Waals surface area contributed by atoms with E-state index in [1.807, 2.05) is 6.07 Å². The molecule has 5 heteroatoms. The van der Waals surface area contributed by atoms with Crippen molar-refractivity contribution in [3.8, 4) is 0 Å². The maximum atomic E-state index is 13.3. The molecule has 98 valence electrons. The molecule has 0 aromatic heterocycles. The minimum atomic E-state index is -0.205. The molecule has 2 rings (SSSR count). The molecule has 1 aromatic carbocycles. The number of ether oxygens (including phenoxy) is 1. The van der Waals surface area contributed by atoms with Gasteiger partial charge in [0, 0.05) is 18.8 Å². The van der Waals surface area contributed by atoms with Gasteiger partial charge in [-0.25, -0.2) is 4.39 Å². The fraction of sp³-hybridized carbons (Fsp3) is 0.462. The van der Waals surface area contributed by atoms with Crippen molar-refractivity contribution < 1.29 is 13.9 Å². The lowest BCUT2D eigenvalue weighted by Crippen LogP contribution is -2.41. The summed E-state index contributed by atoms with van der Waals surface area (Å²) in [6, 6.07) is 6.67. The van der Waals surface area contributed by atoms with E-state index in [1.54, 1.807) is 17.0 Å². The van der Waals surface area contributed by atoms with Gasteiger partial charge in [0.05, 0.1) is 19.0 Å². The molecule has 3 nitrogen and oxygen atoms in total. The number of benzene rings is 1. The summed E-state index contributed by atoms with van der Waals surface area (Å²) in [5.74, 6) is 0.834. The number of thioether (sulfide) groups is 1. The molecule has 18 heavy (non-hydrogen) atoms. The van der Waals surface area contributed by atoms with Crippen LogP contribution < -0.4 is 0 Å². The van der Waals surface area contributed by atoms with E-state index < -0.39 is 0 Å². The van der Waals surface area contributed by atoms with Gasteiger partial charge in [-0.05, 0) is 11.6 Å². The van der Waals surface area contributed by atoms with Gasteiger partial charge in [-0.1, -0.05) is 18.2 Å². The lowest BCUT2D eigenvalue weighted by Gasteiger charge is -2.26. The largest absolute Gasteiger partial charge is 0.378 e. The van der Waals surface area contributed by atoms with Crippen molar-refractivity contribution in [2.24, 2.45) is 0 Å². The first kappa shape index (κ1) is 13.4. The lowest BCUT2D eigenvalue weighted by atomic mass is 10.2. The minimum Gasteiger partial charge on any atom is -0.378 e. The third-order valence-electron chi connectivity index (χ3n) is 2.80. The predicted molar refractivity (Wildman–Crippen MR) is 70.0 cm³/mol. The topological polar surface area (TPSA) is 29.5 Å². The van der Waals surface area contributed by atoms with Gasteiger partial charge in [-0.2, -0.15) is 0 Å². The number of amides is 1. The van der Waals surface area contributed by atoms with Gasteiger partial charge in [-0.3, -0.25) is 4.79 Å². The minimum absolute atomic E-state index is 0.111. The zero-order chi connectivity index (χ0) is 12.8. The third kappa shape index (κ3) is 3.71. The lowest BCUT2D eigenvalue weighted by molar-refractivity contribution is -0.132. The molecule has 1 amide bonds. The Morgan fingerprint density at radius 2 is 2.06 bits per heavy atom. The molecule has 1 saturated heterocycles. The molecule has 0 unspecified atom stereocenters. The second-order valence-electron chi connectivity index (χ2n) is 4.08. The van der Waals surface area contributed by atoms with Crippen molar-refractivity contribution in [2.75, 3.05) is 32.1 Å². The Hall–Kier alpha value is -1.07. The van der Waals surface area contributed by atoms with Crippen LogP contribution in [0.25, 0.3) is 0 Å². The summed E-state index contributed by atoms with van der Waals surface area (Å²) in [4.78, 5) is 13.6. The van der Waals surface area contributed by atoms with Gasteiger partial charge in [0.1, 0.15) is 5.82 Å². The summed E-state index contributed by atoms with van der Waals surface area (Å²) < 4.78 is 18.5. The smallest absolute Gasteiger partial charge is 0.232 e. The maximum Gasteiger partial charge on any atom is 0.232 e. The highest BCUT2D eigenvalue weighted by atomic mass is 32.2. The van der Waals surface area contributed by atoms with Crippen molar-refractivity contribution >= 4 is 17.7 Å². The van der Waals surface area contributed by atoms with Crippen molar-refractivity contribution in [3.63, 3.8) is 0 Å². The fourth-order valence-corrected chi connectivity index (χ4v) is 2.68. The molecule has 0 aliphatic carbocycles. The summed E-state index contributed by atoms with van der Waals surface area (Å²) in [7, 11) is 0. The summed E-state index contributed by atoms with van der Waals surface area (Å²) in [6.45, 7) is 2.56. The van der Waals surface area contributed by atoms with Crippen molar-refractivity contribution in [1.29, 1.82) is 0 Å². The van der Waals surface area contributed by atoms with Gasteiger partial charge in [0.15, 0.2) is 0 Å². The second kappa shape index (κ2) is 6.75. The van der Waals surface area contributed by atoms with Crippen LogP contribution in [0.2, 0.25) is 0 Å². The molecular formula is C13H16FNO2S. The van der Waals surface area contributed by atoms with Crippen LogP contribution in [-0.4, -0.2) is 42.9 Å². The van der Waals surface area contributed by atoms with E-state index >= 15 is 0 Å². The molecule has 0 spiro atoms. The van der Waals surface area contributed by atoms with Crippen LogP contribution in [0, 0.1) is 5.82 Å². The molecule has 0 atom stereocenters. The van der Waals surface area contributed by atoms with E-state index in [2.05, 4.69) is 0 Å². The number of hydrogen-bond donors (Lipinski definition) is 0. The molecule has 1 aliphatic rings. The number of halogens is 1. The van der Waals surface area contributed by atoms with Crippen LogP contribution in [0.1, 0.15) is 5.56 Å². The van der Waals surface area contributed by atoms with Crippen LogP contribution in [-0.2, 0) is 15.3 Å². The van der Waals surface area contributed by atoms with Gasteiger partial charge in [0.25, 0.3) is 0 Å². The quantitative estimate of drug-likeness (QED) is 0.836. The Morgan fingerprint density at radius 1 is 1.33 bits per heavy atom. The van der Waals surface area contributed by atoms with E-state index in [0.29, 0.717) is 43.4 Å². The van der Waals surface area contributed by atoms with E-state index in [9.17, 15) is 9.18 Å². The van der Waals surface area contributed by atoms with Crippen LogP contribution in [0.5, 0.6) is 0 Å². The van der Waals surface area contributed by atoms with Crippen LogP contribution in [0.15, 0.2) is 24.3 Å². The average Bonchev–Trinajstić information content (AvgIpc) is 2.42. The highest BCUT2D eigenvalue weighted by molar-refractivity contribution is 7.99. The van der Waals surface area contributed by atoms with E-state index in [1.165, 1.54) is 17.8 Å². The van der Waals surface area contributed by atoms with Gasteiger partial charge >= 0.3 is 0 Å². The molecular weight excluding hydrogens is 253 g/mol. The first-order valence-corrected chi connectivity index (χ1v) is 7.09. The number of carbonyl (C=O) groups is 1. The Morgan fingerprint density at radius 3 is 2.78 bits per heavy atom. The first-order valence-electron chi connectivity index (χ1n) is 5.94. The standard InChI is InChI=1S/C13H16FNO2S/c14-12-4-2-1-3-11(12)9-18-10-13(16)15-5-7-17-8-6-15/h1-4H,5-10H2. The highest BCUT2D eigenvalue weighted by Crippen LogP contribution is 2.16. The summed E-state index contributed by atoms with van der Waals surface area (Å²) >= 11 is 1.45. The molecule has 0 bridgehead atoms. The van der Waals surface area contributed by atoms with Gasteiger partial charge < -0.3 is 9.64 Å². The number of nitrogens with zero attached hydrogens (tertiary/aromatic N) is 1. The molecule has 0 N–H and O–H groups in total. The molecule has 1 aromatic rings. The van der Waals surface area contributed by atoms with Crippen LogP contribution >= 0.6 is 11.8 Å². The summed E-state index contributed by atoms with van der Waals surface area (Å²) in [5, 5.41) is 0. The van der Waals surface area contributed by atoms with Crippen LogP contribution in [0.4, 0.5) is 4.39 Å². The van der Waals surface area contributed by atoms with E-state index in [4.69, 9.17) is 4.74 Å². The zero-order valence-corrected chi connectivity index (χ0v) is 10.9. The number of morpholine rings is 1. The normalized spacial score (nSPS) is 15.7.